The molecule has 0 amide bonds. The Labute approximate surface area is 113 Å². The van der Waals surface area contributed by atoms with Gasteiger partial charge in [-0.3, -0.25) is 0 Å². The van der Waals surface area contributed by atoms with Crippen LogP contribution in [0.4, 0.5) is 0 Å². The van der Waals surface area contributed by atoms with Gasteiger partial charge in [0.15, 0.2) is 0 Å². The average Bonchev–Trinajstić information content (AvgIpc) is 2.87. The first kappa shape index (κ1) is 11.5. The highest BCUT2D eigenvalue weighted by molar-refractivity contribution is 7.10. The molecule has 4 saturated carbocycles. The molecule has 0 saturated heterocycles. The van der Waals surface area contributed by atoms with Crippen molar-refractivity contribution in [1.82, 2.24) is 0 Å². The van der Waals surface area contributed by atoms with Crippen molar-refractivity contribution in [1.29, 1.82) is 0 Å². The molecule has 1 aromatic rings. The summed E-state index contributed by atoms with van der Waals surface area (Å²) in [6.45, 7) is 0.361. The molecule has 0 atom stereocenters. The maximum Gasteiger partial charge on any atom is 0.0440 e. The Bertz CT molecular complexity index is 394. The zero-order valence-corrected chi connectivity index (χ0v) is 11.7. The lowest BCUT2D eigenvalue weighted by molar-refractivity contribution is -0.0685. The summed E-state index contributed by atoms with van der Waals surface area (Å²) in [6.07, 6.45) is 8.25. The summed E-state index contributed by atoms with van der Waals surface area (Å²) in [5.41, 5.74) is 0.344. The maximum atomic E-state index is 9.62. The molecule has 4 fully saturated rings. The van der Waals surface area contributed by atoms with Crippen molar-refractivity contribution < 1.29 is 5.11 Å². The van der Waals surface area contributed by atoms with Gasteiger partial charge in [-0.1, -0.05) is 6.07 Å². The predicted octanol–water partition coefficient (Wildman–Crippen LogP) is 3.82. The Morgan fingerprint density at radius 1 is 1.11 bits per heavy atom. The molecular formula is C16H22OS. The van der Waals surface area contributed by atoms with Crippen LogP contribution >= 0.6 is 11.3 Å². The van der Waals surface area contributed by atoms with E-state index >= 15 is 0 Å². The highest BCUT2D eigenvalue weighted by atomic mass is 32.1. The standard InChI is InChI=1S/C16H22OS/c17-4-3-16(15-2-1-5-18-15)13-7-11-6-12(9-13)10-14(16)8-11/h1-2,5,11-14,17H,3-4,6-10H2. The van der Waals surface area contributed by atoms with E-state index in [1.165, 1.54) is 32.1 Å². The fourth-order valence-corrected chi connectivity index (χ4v) is 6.80. The van der Waals surface area contributed by atoms with Crippen LogP contribution in [0.2, 0.25) is 0 Å². The molecule has 5 rings (SSSR count). The van der Waals surface area contributed by atoms with Gasteiger partial charge in [-0.25, -0.2) is 0 Å². The molecule has 98 valence electrons. The first-order chi connectivity index (χ1) is 8.83. The first-order valence-electron chi connectivity index (χ1n) is 7.47. The zero-order chi connectivity index (χ0) is 12.2. The largest absolute Gasteiger partial charge is 0.396 e. The average molecular weight is 262 g/mol. The van der Waals surface area contributed by atoms with Crippen LogP contribution in [-0.4, -0.2) is 11.7 Å². The maximum absolute atomic E-state index is 9.62. The lowest BCUT2D eigenvalue weighted by Gasteiger charge is -2.61. The highest BCUT2D eigenvalue weighted by Crippen LogP contribution is 2.64. The molecule has 0 aliphatic heterocycles. The summed E-state index contributed by atoms with van der Waals surface area (Å²) in [6, 6.07) is 4.53. The lowest BCUT2D eigenvalue weighted by atomic mass is 9.44. The van der Waals surface area contributed by atoms with Crippen LogP contribution in [-0.2, 0) is 5.41 Å². The summed E-state index contributed by atoms with van der Waals surface area (Å²) >= 11 is 1.93. The SMILES string of the molecule is OCCC1(c2cccs2)C2CC3CC(C2)CC1C3. The van der Waals surface area contributed by atoms with Crippen molar-refractivity contribution in [3.63, 3.8) is 0 Å². The van der Waals surface area contributed by atoms with E-state index in [2.05, 4.69) is 17.5 Å². The number of aliphatic hydroxyl groups is 1. The van der Waals surface area contributed by atoms with Crippen molar-refractivity contribution in [3.05, 3.63) is 22.4 Å². The van der Waals surface area contributed by atoms with Crippen LogP contribution in [0.15, 0.2) is 17.5 Å². The third kappa shape index (κ3) is 1.42. The van der Waals surface area contributed by atoms with Gasteiger partial charge in [-0.05, 0) is 73.6 Å². The summed E-state index contributed by atoms with van der Waals surface area (Å²) in [4.78, 5) is 1.57. The summed E-state index contributed by atoms with van der Waals surface area (Å²) in [7, 11) is 0. The zero-order valence-electron chi connectivity index (χ0n) is 10.8. The molecule has 1 nitrogen and oxygen atoms in total. The molecule has 4 bridgehead atoms. The minimum Gasteiger partial charge on any atom is -0.396 e. The van der Waals surface area contributed by atoms with Crippen LogP contribution in [0.25, 0.3) is 0 Å². The Morgan fingerprint density at radius 2 is 1.78 bits per heavy atom. The fourth-order valence-electron chi connectivity index (χ4n) is 5.69. The minimum absolute atomic E-state index is 0.344. The minimum atomic E-state index is 0.344. The van der Waals surface area contributed by atoms with Gasteiger partial charge in [0.05, 0.1) is 0 Å². The van der Waals surface area contributed by atoms with Crippen LogP contribution < -0.4 is 0 Å². The topological polar surface area (TPSA) is 20.2 Å². The highest BCUT2D eigenvalue weighted by Gasteiger charge is 2.57. The van der Waals surface area contributed by atoms with E-state index in [-0.39, 0.29) is 0 Å². The number of rotatable bonds is 3. The van der Waals surface area contributed by atoms with E-state index in [4.69, 9.17) is 0 Å². The molecule has 1 N–H and O–H groups in total. The van der Waals surface area contributed by atoms with Crippen LogP contribution in [0.3, 0.4) is 0 Å². The Hall–Kier alpha value is -0.340. The van der Waals surface area contributed by atoms with Gasteiger partial charge in [0.25, 0.3) is 0 Å². The van der Waals surface area contributed by atoms with Crippen molar-refractivity contribution >= 4 is 11.3 Å². The smallest absolute Gasteiger partial charge is 0.0440 e. The van der Waals surface area contributed by atoms with Gasteiger partial charge in [0, 0.05) is 16.9 Å². The molecule has 18 heavy (non-hydrogen) atoms. The second-order valence-electron chi connectivity index (χ2n) is 6.80. The van der Waals surface area contributed by atoms with Crippen molar-refractivity contribution in [2.75, 3.05) is 6.61 Å². The summed E-state index contributed by atoms with van der Waals surface area (Å²) in [5, 5.41) is 11.8. The molecule has 2 heteroatoms. The monoisotopic (exact) mass is 262 g/mol. The third-order valence-electron chi connectivity index (χ3n) is 6.10. The van der Waals surface area contributed by atoms with Gasteiger partial charge in [-0.2, -0.15) is 0 Å². The first-order valence-corrected chi connectivity index (χ1v) is 8.35. The summed E-state index contributed by atoms with van der Waals surface area (Å²) in [5.74, 6) is 3.75. The van der Waals surface area contributed by atoms with E-state index < -0.39 is 0 Å². The Kier molecular flexibility index (Phi) is 2.60. The molecule has 1 heterocycles. The quantitative estimate of drug-likeness (QED) is 0.878. The van der Waals surface area contributed by atoms with Crippen LogP contribution in [0.1, 0.15) is 43.4 Å². The van der Waals surface area contributed by atoms with E-state index in [1.807, 2.05) is 11.3 Å². The molecular weight excluding hydrogens is 240 g/mol. The molecule has 4 aliphatic carbocycles. The van der Waals surface area contributed by atoms with Gasteiger partial charge >= 0.3 is 0 Å². The molecule has 4 aliphatic rings. The number of aliphatic hydroxyl groups excluding tert-OH is 1. The van der Waals surface area contributed by atoms with E-state index in [1.54, 1.807) is 4.88 Å². The van der Waals surface area contributed by atoms with Crippen molar-refractivity contribution in [3.8, 4) is 0 Å². The van der Waals surface area contributed by atoms with Crippen molar-refractivity contribution in [2.24, 2.45) is 23.7 Å². The Morgan fingerprint density at radius 3 is 2.28 bits per heavy atom. The predicted molar refractivity (Wildman–Crippen MR) is 74.7 cm³/mol. The van der Waals surface area contributed by atoms with E-state index in [9.17, 15) is 5.11 Å². The Balaban J connectivity index is 1.79. The van der Waals surface area contributed by atoms with E-state index in [0.717, 1.165) is 30.1 Å². The van der Waals surface area contributed by atoms with Crippen LogP contribution in [0, 0.1) is 23.7 Å². The van der Waals surface area contributed by atoms with E-state index in [0.29, 0.717) is 12.0 Å². The fraction of sp³-hybridized carbons (Fsp3) is 0.750. The molecule has 0 aromatic carbocycles. The number of thiophene rings is 1. The van der Waals surface area contributed by atoms with Gasteiger partial charge < -0.3 is 5.11 Å². The van der Waals surface area contributed by atoms with Gasteiger partial charge in [0.2, 0.25) is 0 Å². The number of hydrogen-bond donors (Lipinski definition) is 1. The molecule has 0 radical (unpaired) electrons. The number of hydrogen-bond acceptors (Lipinski definition) is 2. The molecule has 0 spiro atoms. The third-order valence-corrected chi connectivity index (χ3v) is 7.16. The van der Waals surface area contributed by atoms with Crippen LogP contribution in [0.5, 0.6) is 0 Å². The van der Waals surface area contributed by atoms with Gasteiger partial charge in [0.1, 0.15) is 0 Å². The normalized spacial score (nSPS) is 45.6. The van der Waals surface area contributed by atoms with Crippen molar-refractivity contribution in [2.45, 2.75) is 43.9 Å². The lowest BCUT2D eigenvalue weighted by Crippen LogP contribution is -2.55. The van der Waals surface area contributed by atoms with Gasteiger partial charge in [-0.15, -0.1) is 11.3 Å². The second-order valence-corrected chi connectivity index (χ2v) is 7.74. The second kappa shape index (κ2) is 4.08. The molecule has 0 unspecified atom stereocenters. The molecule has 1 aromatic heterocycles. The summed E-state index contributed by atoms with van der Waals surface area (Å²) < 4.78 is 0.